The first-order valence-electron chi connectivity index (χ1n) is 3.76. The number of hydrogen-bond acceptors (Lipinski definition) is 3. The fourth-order valence-electron chi connectivity index (χ4n) is 1.11. The van der Waals surface area contributed by atoms with E-state index in [-0.39, 0.29) is 0 Å². The molecular formula is C7H18N2S. The summed E-state index contributed by atoms with van der Waals surface area (Å²) in [5.74, 6) is 0. The first-order valence-corrected chi connectivity index (χ1v) is 4.65. The fourth-order valence-corrected chi connectivity index (χ4v) is 1.11. The van der Waals surface area contributed by atoms with Gasteiger partial charge in [0.25, 0.3) is 0 Å². The van der Waals surface area contributed by atoms with Crippen LogP contribution in [0.3, 0.4) is 0 Å². The van der Waals surface area contributed by atoms with E-state index < -0.39 is 0 Å². The van der Waals surface area contributed by atoms with E-state index >= 15 is 0 Å². The van der Waals surface area contributed by atoms with Crippen LogP contribution in [-0.4, -0.2) is 32.4 Å². The van der Waals surface area contributed by atoms with E-state index in [0.29, 0.717) is 0 Å². The summed E-state index contributed by atoms with van der Waals surface area (Å²) in [5, 5.41) is 6.57. The van der Waals surface area contributed by atoms with Gasteiger partial charge in [-0.2, -0.15) is 12.6 Å². The zero-order valence-corrected chi connectivity index (χ0v) is 7.75. The lowest BCUT2D eigenvalue weighted by Gasteiger charge is -2.21. The van der Waals surface area contributed by atoms with Crippen molar-refractivity contribution in [3.8, 4) is 0 Å². The predicted octanol–water partition coefficient (Wildman–Crippen LogP) is 0.504. The van der Waals surface area contributed by atoms with E-state index in [1.54, 1.807) is 6.26 Å². The summed E-state index contributed by atoms with van der Waals surface area (Å²) in [6, 6.07) is 0.774. The minimum Gasteiger partial charge on any atom is -0.317 e. The summed E-state index contributed by atoms with van der Waals surface area (Å²) in [5.41, 5.74) is 0. The Morgan fingerprint density at radius 2 is 1.80 bits per heavy atom. The van der Waals surface area contributed by atoms with Gasteiger partial charge in [-0.05, 0) is 39.2 Å². The molecule has 0 aromatic carbocycles. The molecule has 0 aromatic heterocycles. The Labute approximate surface area is 69.2 Å². The van der Waals surface area contributed by atoms with Crippen LogP contribution in [0.1, 0.15) is 12.8 Å². The molecule has 0 aliphatic carbocycles. The Morgan fingerprint density at radius 1 is 1.30 bits per heavy atom. The van der Waals surface area contributed by atoms with Crippen molar-refractivity contribution in [2.45, 2.75) is 18.9 Å². The van der Waals surface area contributed by atoms with Gasteiger partial charge in [0.2, 0.25) is 0 Å². The predicted molar refractivity (Wildman–Crippen MR) is 49.9 cm³/mol. The third-order valence-corrected chi connectivity index (χ3v) is 1.75. The van der Waals surface area contributed by atoms with Gasteiger partial charge < -0.3 is 10.6 Å². The summed E-state index contributed by atoms with van der Waals surface area (Å²) in [4.78, 5) is 0. The lowest BCUT2D eigenvalue weighted by atomic mass is 10.1. The smallest absolute Gasteiger partial charge is 0.00882 e. The first-order chi connectivity index (χ1) is 4.93. The molecule has 1 aliphatic rings. The molecule has 1 aliphatic heterocycles. The van der Waals surface area contributed by atoms with E-state index in [2.05, 4.69) is 23.3 Å². The highest BCUT2D eigenvalue weighted by molar-refractivity contribution is 7.79. The molecule has 0 unspecified atom stereocenters. The third kappa shape index (κ3) is 4.14. The maximum atomic E-state index is 3.53. The maximum absolute atomic E-state index is 3.53. The molecule has 0 spiro atoms. The Morgan fingerprint density at radius 3 is 2.10 bits per heavy atom. The van der Waals surface area contributed by atoms with Crippen molar-refractivity contribution in [1.82, 2.24) is 10.6 Å². The summed E-state index contributed by atoms with van der Waals surface area (Å²) in [6.45, 7) is 2.37. The molecule has 1 heterocycles. The molecule has 0 radical (unpaired) electrons. The van der Waals surface area contributed by atoms with Gasteiger partial charge in [-0.15, -0.1) is 0 Å². The Kier molecular flexibility index (Phi) is 7.58. The summed E-state index contributed by atoms with van der Waals surface area (Å²) < 4.78 is 0. The van der Waals surface area contributed by atoms with Gasteiger partial charge in [-0.1, -0.05) is 0 Å². The van der Waals surface area contributed by atoms with E-state index in [1.807, 2.05) is 7.05 Å². The van der Waals surface area contributed by atoms with Crippen molar-refractivity contribution in [3.05, 3.63) is 0 Å². The molecule has 1 saturated heterocycles. The second-order valence-electron chi connectivity index (χ2n) is 2.31. The van der Waals surface area contributed by atoms with Crippen molar-refractivity contribution < 1.29 is 0 Å². The highest BCUT2D eigenvalue weighted by atomic mass is 32.1. The maximum Gasteiger partial charge on any atom is 0.00882 e. The number of rotatable bonds is 1. The van der Waals surface area contributed by atoms with Crippen molar-refractivity contribution in [3.63, 3.8) is 0 Å². The van der Waals surface area contributed by atoms with Gasteiger partial charge >= 0.3 is 0 Å². The molecule has 10 heavy (non-hydrogen) atoms. The Bertz CT molecular complexity index is 62.6. The number of thiol groups is 1. The zero-order chi connectivity index (χ0) is 7.82. The Balaban J connectivity index is 0.000000371. The molecule has 0 saturated carbocycles. The van der Waals surface area contributed by atoms with Crippen molar-refractivity contribution in [2.24, 2.45) is 0 Å². The van der Waals surface area contributed by atoms with Crippen LogP contribution in [0.4, 0.5) is 0 Å². The van der Waals surface area contributed by atoms with Crippen LogP contribution in [0.15, 0.2) is 0 Å². The molecule has 0 amide bonds. The topological polar surface area (TPSA) is 24.1 Å². The summed E-state index contributed by atoms with van der Waals surface area (Å²) in [7, 11) is 2.04. The zero-order valence-electron chi connectivity index (χ0n) is 6.85. The van der Waals surface area contributed by atoms with Gasteiger partial charge in [0.15, 0.2) is 0 Å². The molecule has 2 nitrogen and oxygen atoms in total. The van der Waals surface area contributed by atoms with Gasteiger partial charge in [-0.25, -0.2) is 0 Å². The van der Waals surface area contributed by atoms with E-state index in [4.69, 9.17) is 0 Å². The molecule has 1 fully saturated rings. The first kappa shape index (κ1) is 10.3. The van der Waals surface area contributed by atoms with Crippen LogP contribution in [0.2, 0.25) is 0 Å². The molecule has 2 N–H and O–H groups in total. The summed E-state index contributed by atoms with van der Waals surface area (Å²) in [6.07, 6.45) is 4.27. The average molecular weight is 162 g/mol. The highest BCUT2D eigenvalue weighted by Crippen LogP contribution is 1.99. The van der Waals surface area contributed by atoms with E-state index in [9.17, 15) is 0 Å². The van der Waals surface area contributed by atoms with Crippen molar-refractivity contribution >= 4 is 12.6 Å². The number of hydrogen-bond donors (Lipinski definition) is 3. The van der Waals surface area contributed by atoms with Crippen molar-refractivity contribution in [1.29, 1.82) is 0 Å². The van der Waals surface area contributed by atoms with E-state index in [1.165, 1.54) is 25.9 Å². The molecule has 62 valence electrons. The molecule has 3 heteroatoms. The van der Waals surface area contributed by atoms with Crippen LogP contribution in [0.5, 0.6) is 0 Å². The van der Waals surface area contributed by atoms with Gasteiger partial charge in [0.05, 0.1) is 0 Å². The van der Waals surface area contributed by atoms with E-state index in [0.717, 1.165) is 6.04 Å². The monoisotopic (exact) mass is 162 g/mol. The Hall–Kier alpha value is 0.270. The lowest BCUT2D eigenvalue weighted by molar-refractivity contribution is 0.409. The largest absolute Gasteiger partial charge is 0.317 e. The molecular weight excluding hydrogens is 144 g/mol. The standard InChI is InChI=1S/C6H14N2.CH4S/c1-7-6-2-4-8-5-3-6;1-2/h6-8H,2-5H2,1H3;2H,1H3. The van der Waals surface area contributed by atoms with Crippen LogP contribution < -0.4 is 10.6 Å². The van der Waals surface area contributed by atoms with Crippen LogP contribution in [-0.2, 0) is 0 Å². The molecule has 1 rings (SSSR count). The average Bonchev–Trinajstić information content (AvgIpc) is 2.10. The second kappa shape index (κ2) is 7.38. The normalized spacial score (nSPS) is 19.5. The quantitative estimate of drug-likeness (QED) is 0.489. The lowest BCUT2D eigenvalue weighted by Crippen LogP contribution is -2.37. The van der Waals surface area contributed by atoms with Gasteiger partial charge in [0, 0.05) is 6.04 Å². The molecule has 0 atom stereocenters. The van der Waals surface area contributed by atoms with Gasteiger partial charge in [0.1, 0.15) is 0 Å². The van der Waals surface area contributed by atoms with Gasteiger partial charge in [-0.3, -0.25) is 0 Å². The minimum atomic E-state index is 0.774. The van der Waals surface area contributed by atoms with Crippen LogP contribution in [0.25, 0.3) is 0 Å². The SMILES string of the molecule is CNC1CCNCC1.CS. The summed E-state index contributed by atoms with van der Waals surface area (Å²) >= 11 is 3.53. The minimum absolute atomic E-state index is 0.774. The fraction of sp³-hybridized carbons (Fsp3) is 1.00. The third-order valence-electron chi connectivity index (χ3n) is 1.75. The number of piperidine rings is 1. The number of nitrogens with one attached hydrogen (secondary N) is 2. The molecule has 0 bridgehead atoms. The second-order valence-corrected chi connectivity index (χ2v) is 2.31. The highest BCUT2D eigenvalue weighted by Gasteiger charge is 2.08. The van der Waals surface area contributed by atoms with Crippen LogP contribution >= 0.6 is 12.6 Å². The molecule has 0 aromatic rings. The van der Waals surface area contributed by atoms with Crippen LogP contribution in [0, 0.1) is 0 Å². The van der Waals surface area contributed by atoms with Crippen molar-refractivity contribution in [2.75, 3.05) is 26.4 Å².